The van der Waals surface area contributed by atoms with Crippen molar-refractivity contribution in [2.75, 3.05) is 12.8 Å². The molecule has 0 aliphatic carbocycles. The van der Waals surface area contributed by atoms with Crippen LogP contribution < -0.4 is 10.5 Å². The molecule has 1 heterocycles. The molecule has 1 aromatic heterocycles. The molecule has 0 amide bonds. The molecule has 0 saturated heterocycles. The summed E-state index contributed by atoms with van der Waals surface area (Å²) in [6, 6.07) is 9.54. The van der Waals surface area contributed by atoms with Crippen molar-refractivity contribution in [2.45, 2.75) is 0 Å². The van der Waals surface area contributed by atoms with Crippen molar-refractivity contribution >= 4 is 5.69 Å². The average molecular weight is 190 g/mol. The maximum atomic E-state index is 5.76. The van der Waals surface area contributed by atoms with Crippen LogP contribution in [-0.2, 0) is 0 Å². The first-order valence-corrected chi connectivity index (χ1v) is 4.17. The number of nitrogens with two attached hydrogens (primary N) is 1. The normalized spacial score (nSPS) is 10.1. The van der Waals surface area contributed by atoms with Crippen LogP contribution in [0.15, 0.2) is 34.9 Å². The zero-order chi connectivity index (χ0) is 9.97. The van der Waals surface area contributed by atoms with E-state index in [4.69, 9.17) is 15.0 Å². The van der Waals surface area contributed by atoms with E-state index in [2.05, 4.69) is 5.16 Å². The van der Waals surface area contributed by atoms with Crippen molar-refractivity contribution in [1.29, 1.82) is 0 Å². The summed E-state index contributed by atoms with van der Waals surface area (Å²) in [5, 5.41) is 3.69. The third-order valence-electron chi connectivity index (χ3n) is 1.92. The highest BCUT2D eigenvalue weighted by Crippen LogP contribution is 2.32. The molecular formula is C10H10N2O2. The first-order valence-electron chi connectivity index (χ1n) is 4.17. The molecule has 14 heavy (non-hydrogen) atoms. The topological polar surface area (TPSA) is 61.3 Å². The highest BCUT2D eigenvalue weighted by Gasteiger charge is 2.14. The zero-order valence-corrected chi connectivity index (χ0v) is 7.73. The third kappa shape index (κ3) is 1.31. The van der Waals surface area contributed by atoms with Crippen LogP contribution in [-0.4, -0.2) is 12.3 Å². The second kappa shape index (κ2) is 3.41. The fraction of sp³-hybridized carbons (Fsp3) is 0.100. The number of methoxy groups -OCH3 is 1. The molecule has 1 aromatic carbocycles. The quantitative estimate of drug-likeness (QED) is 0.786. The monoisotopic (exact) mass is 190 g/mol. The van der Waals surface area contributed by atoms with E-state index in [-0.39, 0.29) is 0 Å². The van der Waals surface area contributed by atoms with Gasteiger partial charge in [0.15, 0.2) is 5.76 Å². The van der Waals surface area contributed by atoms with Crippen LogP contribution >= 0.6 is 0 Å². The van der Waals surface area contributed by atoms with Crippen LogP contribution in [0.3, 0.4) is 0 Å². The summed E-state index contributed by atoms with van der Waals surface area (Å²) in [4.78, 5) is 0. The molecule has 0 aliphatic rings. The molecule has 72 valence electrons. The molecule has 4 heteroatoms. The molecule has 2 rings (SSSR count). The summed E-state index contributed by atoms with van der Waals surface area (Å²) in [5.41, 5.74) is 7.08. The summed E-state index contributed by atoms with van der Waals surface area (Å²) in [6.45, 7) is 0. The lowest BCUT2D eigenvalue weighted by molar-refractivity contribution is 0.343. The number of hydrogen-bond acceptors (Lipinski definition) is 4. The lowest BCUT2D eigenvalue weighted by atomic mass is 10.1. The minimum Gasteiger partial charge on any atom is -0.477 e. The number of hydrogen-bond donors (Lipinski definition) is 1. The van der Waals surface area contributed by atoms with Crippen LogP contribution in [0.25, 0.3) is 11.3 Å². The van der Waals surface area contributed by atoms with Crippen molar-refractivity contribution in [3.63, 3.8) is 0 Å². The Morgan fingerprint density at radius 3 is 2.57 bits per heavy atom. The van der Waals surface area contributed by atoms with Gasteiger partial charge in [-0.05, 0) is 5.16 Å². The van der Waals surface area contributed by atoms with E-state index in [1.54, 1.807) is 0 Å². The second-order valence-corrected chi connectivity index (χ2v) is 2.80. The number of aromatic nitrogens is 1. The average Bonchev–Trinajstić information content (AvgIpc) is 2.61. The molecule has 4 nitrogen and oxygen atoms in total. The van der Waals surface area contributed by atoms with Crippen LogP contribution in [0.1, 0.15) is 0 Å². The van der Waals surface area contributed by atoms with E-state index < -0.39 is 0 Å². The number of nitrogen functional groups attached to an aromatic ring is 1. The number of nitrogens with zero attached hydrogens (tertiary/aromatic N) is 1. The molecule has 0 bridgehead atoms. The maximum Gasteiger partial charge on any atom is 0.278 e. The van der Waals surface area contributed by atoms with Crippen molar-refractivity contribution in [3.05, 3.63) is 30.3 Å². The first-order chi connectivity index (χ1) is 6.83. The van der Waals surface area contributed by atoms with Gasteiger partial charge in [0.2, 0.25) is 0 Å². The first kappa shape index (κ1) is 8.62. The molecule has 0 aliphatic heterocycles. The van der Waals surface area contributed by atoms with Crippen LogP contribution in [0.5, 0.6) is 5.88 Å². The van der Waals surface area contributed by atoms with Crippen molar-refractivity contribution < 1.29 is 9.26 Å². The molecule has 2 aromatic rings. The lowest BCUT2D eigenvalue weighted by Crippen LogP contribution is -1.90. The van der Waals surface area contributed by atoms with E-state index in [1.807, 2.05) is 30.3 Å². The van der Waals surface area contributed by atoms with E-state index in [1.165, 1.54) is 7.11 Å². The highest BCUT2D eigenvalue weighted by atomic mass is 16.5. The number of anilines is 1. The van der Waals surface area contributed by atoms with Gasteiger partial charge in [-0.1, -0.05) is 30.3 Å². The van der Waals surface area contributed by atoms with Gasteiger partial charge in [0.05, 0.1) is 7.11 Å². The summed E-state index contributed by atoms with van der Waals surface area (Å²) in [6.07, 6.45) is 0. The maximum absolute atomic E-state index is 5.76. The molecular weight excluding hydrogens is 180 g/mol. The minimum atomic E-state index is 0.323. The van der Waals surface area contributed by atoms with Gasteiger partial charge >= 0.3 is 0 Å². The minimum absolute atomic E-state index is 0.323. The Morgan fingerprint density at radius 2 is 2.00 bits per heavy atom. The summed E-state index contributed by atoms with van der Waals surface area (Å²) in [7, 11) is 1.50. The Kier molecular flexibility index (Phi) is 2.10. The van der Waals surface area contributed by atoms with E-state index >= 15 is 0 Å². The number of ether oxygens (including phenoxy) is 1. The summed E-state index contributed by atoms with van der Waals surface area (Å²) in [5.74, 6) is 0.867. The summed E-state index contributed by atoms with van der Waals surface area (Å²) < 4.78 is 9.99. The Labute approximate surface area is 81.3 Å². The molecule has 0 fully saturated rings. The fourth-order valence-electron chi connectivity index (χ4n) is 1.23. The third-order valence-corrected chi connectivity index (χ3v) is 1.92. The highest BCUT2D eigenvalue weighted by molar-refractivity contribution is 5.74. The van der Waals surface area contributed by atoms with Gasteiger partial charge in [-0.3, -0.25) is 0 Å². The molecule has 0 atom stereocenters. The molecule has 0 radical (unpaired) electrons. The SMILES string of the molecule is COc1noc(-c2ccccc2)c1N. The second-order valence-electron chi connectivity index (χ2n) is 2.80. The van der Waals surface area contributed by atoms with Crippen molar-refractivity contribution in [3.8, 4) is 17.2 Å². The Morgan fingerprint density at radius 1 is 1.29 bits per heavy atom. The van der Waals surface area contributed by atoms with Crippen LogP contribution in [0.2, 0.25) is 0 Å². The Balaban J connectivity index is 2.48. The predicted octanol–water partition coefficient (Wildman–Crippen LogP) is 1.93. The Bertz CT molecular complexity index is 423. The summed E-state index contributed by atoms with van der Waals surface area (Å²) >= 11 is 0. The molecule has 0 spiro atoms. The van der Waals surface area contributed by atoms with Gasteiger partial charge in [-0.15, -0.1) is 0 Å². The van der Waals surface area contributed by atoms with Gasteiger partial charge in [0.1, 0.15) is 5.69 Å². The van der Waals surface area contributed by atoms with Crippen molar-refractivity contribution in [2.24, 2.45) is 0 Å². The van der Waals surface area contributed by atoms with E-state index in [0.717, 1.165) is 5.56 Å². The van der Waals surface area contributed by atoms with Gasteiger partial charge in [-0.25, -0.2) is 0 Å². The van der Waals surface area contributed by atoms with Gasteiger partial charge in [-0.2, -0.15) is 0 Å². The van der Waals surface area contributed by atoms with Crippen molar-refractivity contribution in [1.82, 2.24) is 5.16 Å². The van der Waals surface area contributed by atoms with Gasteiger partial charge < -0.3 is 15.0 Å². The zero-order valence-electron chi connectivity index (χ0n) is 7.73. The number of rotatable bonds is 2. The fourth-order valence-corrected chi connectivity index (χ4v) is 1.23. The van der Waals surface area contributed by atoms with E-state index in [9.17, 15) is 0 Å². The number of benzene rings is 1. The Hall–Kier alpha value is -1.97. The largest absolute Gasteiger partial charge is 0.477 e. The van der Waals surface area contributed by atoms with Crippen LogP contribution in [0, 0.1) is 0 Å². The van der Waals surface area contributed by atoms with E-state index in [0.29, 0.717) is 17.3 Å². The predicted molar refractivity (Wildman–Crippen MR) is 52.9 cm³/mol. The molecule has 0 unspecified atom stereocenters. The van der Waals surface area contributed by atoms with Crippen LogP contribution in [0.4, 0.5) is 5.69 Å². The molecule has 0 saturated carbocycles. The molecule has 2 N–H and O–H groups in total. The van der Waals surface area contributed by atoms with Gasteiger partial charge in [0, 0.05) is 5.56 Å². The smallest absolute Gasteiger partial charge is 0.278 e. The lowest BCUT2D eigenvalue weighted by Gasteiger charge is -1.96. The van der Waals surface area contributed by atoms with Gasteiger partial charge in [0.25, 0.3) is 5.88 Å². The standard InChI is InChI=1S/C10H10N2O2/c1-13-10-8(11)9(14-12-10)7-5-3-2-4-6-7/h2-6H,11H2,1H3.